The second-order valence-electron chi connectivity index (χ2n) is 4.67. The summed E-state index contributed by atoms with van der Waals surface area (Å²) in [7, 11) is 0. The van der Waals surface area contributed by atoms with Crippen LogP contribution in [0.15, 0.2) is 18.2 Å². The molecular formula is C12H13NO3. The van der Waals surface area contributed by atoms with E-state index in [1.165, 1.54) is 6.07 Å². The number of nitrogens with one attached hydrogen (secondary N) is 1. The van der Waals surface area contributed by atoms with E-state index in [1.807, 2.05) is 13.8 Å². The first-order chi connectivity index (χ1) is 7.40. The number of rotatable bonds is 1. The van der Waals surface area contributed by atoms with E-state index in [1.54, 1.807) is 12.1 Å². The minimum absolute atomic E-state index is 0.0272. The molecule has 1 heterocycles. The number of carbonyl (C=O) groups is 2. The number of hydrogen-bond donors (Lipinski definition) is 2. The van der Waals surface area contributed by atoms with Crippen molar-refractivity contribution in [2.24, 2.45) is 0 Å². The molecule has 0 unspecified atom stereocenters. The summed E-state index contributed by atoms with van der Waals surface area (Å²) in [5, 5.41) is 11.7. The van der Waals surface area contributed by atoms with Gasteiger partial charge in [0.25, 0.3) is 0 Å². The van der Waals surface area contributed by atoms with Crippen LogP contribution in [0.4, 0.5) is 5.69 Å². The molecule has 1 aromatic carbocycles. The molecule has 0 radical (unpaired) electrons. The van der Waals surface area contributed by atoms with Crippen LogP contribution in [0.3, 0.4) is 0 Å². The molecule has 2 N–H and O–H groups in total. The van der Waals surface area contributed by atoms with Gasteiger partial charge < -0.3 is 10.4 Å². The van der Waals surface area contributed by atoms with E-state index in [0.29, 0.717) is 12.1 Å². The van der Waals surface area contributed by atoms with Gasteiger partial charge in [0.1, 0.15) is 0 Å². The smallest absolute Gasteiger partial charge is 0.335 e. The molecule has 0 saturated carbocycles. The lowest BCUT2D eigenvalue weighted by molar-refractivity contribution is -0.117. The summed E-state index contributed by atoms with van der Waals surface area (Å²) >= 11 is 0. The van der Waals surface area contributed by atoms with E-state index in [4.69, 9.17) is 5.11 Å². The Kier molecular flexibility index (Phi) is 2.22. The van der Waals surface area contributed by atoms with Crippen molar-refractivity contribution in [3.05, 3.63) is 29.3 Å². The second-order valence-corrected chi connectivity index (χ2v) is 4.67. The number of carboxylic acids is 1. The molecule has 0 atom stereocenters. The standard InChI is InChI=1S/C12H13NO3/c1-12(2)6-10(14)13-9-4-3-7(11(15)16)5-8(9)12/h3-5H,6H2,1-2H3,(H,13,14)(H,15,16). The molecule has 4 heteroatoms. The van der Waals surface area contributed by atoms with Crippen LogP contribution in [0.25, 0.3) is 0 Å². The first-order valence-corrected chi connectivity index (χ1v) is 5.08. The second kappa shape index (κ2) is 3.33. The molecule has 4 nitrogen and oxygen atoms in total. The number of benzene rings is 1. The molecular weight excluding hydrogens is 206 g/mol. The van der Waals surface area contributed by atoms with Gasteiger partial charge in [-0.2, -0.15) is 0 Å². The van der Waals surface area contributed by atoms with Crippen molar-refractivity contribution in [2.45, 2.75) is 25.7 Å². The molecule has 1 aliphatic rings. The van der Waals surface area contributed by atoms with Crippen molar-refractivity contribution in [1.29, 1.82) is 0 Å². The Morgan fingerprint density at radius 2 is 2.12 bits per heavy atom. The van der Waals surface area contributed by atoms with Crippen LogP contribution in [0.5, 0.6) is 0 Å². The minimum atomic E-state index is -0.949. The van der Waals surface area contributed by atoms with Gasteiger partial charge in [0.15, 0.2) is 0 Å². The van der Waals surface area contributed by atoms with Crippen molar-refractivity contribution in [2.75, 3.05) is 5.32 Å². The molecule has 0 bridgehead atoms. The SMILES string of the molecule is CC1(C)CC(=O)Nc2ccc(C(=O)O)cc21. The summed E-state index contributed by atoms with van der Waals surface area (Å²) in [5.74, 6) is -0.976. The highest BCUT2D eigenvalue weighted by Gasteiger charge is 2.32. The van der Waals surface area contributed by atoms with Gasteiger partial charge in [0.2, 0.25) is 5.91 Å². The van der Waals surface area contributed by atoms with Crippen LogP contribution in [-0.2, 0) is 10.2 Å². The summed E-state index contributed by atoms with van der Waals surface area (Å²) in [5.41, 5.74) is 1.53. The first-order valence-electron chi connectivity index (χ1n) is 5.08. The summed E-state index contributed by atoms with van der Waals surface area (Å²) in [6.07, 6.45) is 0.378. The fourth-order valence-corrected chi connectivity index (χ4v) is 2.04. The van der Waals surface area contributed by atoms with E-state index in [9.17, 15) is 9.59 Å². The van der Waals surface area contributed by atoms with E-state index in [0.717, 1.165) is 5.56 Å². The Hall–Kier alpha value is -1.84. The van der Waals surface area contributed by atoms with Gasteiger partial charge in [-0.05, 0) is 23.8 Å². The fourth-order valence-electron chi connectivity index (χ4n) is 2.04. The van der Waals surface area contributed by atoms with Crippen molar-refractivity contribution in [3.8, 4) is 0 Å². The van der Waals surface area contributed by atoms with E-state index in [-0.39, 0.29) is 16.9 Å². The molecule has 0 spiro atoms. The lowest BCUT2D eigenvalue weighted by atomic mass is 9.77. The zero-order valence-electron chi connectivity index (χ0n) is 9.20. The Labute approximate surface area is 93.3 Å². The predicted octanol–water partition coefficient (Wildman–Crippen LogP) is 2.00. The molecule has 1 aliphatic heterocycles. The zero-order valence-corrected chi connectivity index (χ0v) is 9.20. The molecule has 0 aliphatic carbocycles. The van der Waals surface area contributed by atoms with E-state index >= 15 is 0 Å². The van der Waals surface area contributed by atoms with Gasteiger partial charge in [-0.3, -0.25) is 4.79 Å². The minimum Gasteiger partial charge on any atom is -0.478 e. The number of anilines is 1. The van der Waals surface area contributed by atoms with Crippen LogP contribution < -0.4 is 5.32 Å². The van der Waals surface area contributed by atoms with Crippen molar-refractivity contribution >= 4 is 17.6 Å². The average Bonchev–Trinajstić information content (AvgIpc) is 2.15. The topological polar surface area (TPSA) is 66.4 Å². The van der Waals surface area contributed by atoms with Crippen LogP contribution in [-0.4, -0.2) is 17.0 Å². The van der Waals surface area contributed by atoms with Gasteiger partial charge in [0.05, 0.1) is 5.56 Å². The molecule has 0 fully saturated rings. The van der Waals surface area contributed by atoms with Gasteiger partial charge in [0, 0.05) is 17.5 Å². The normalized spacial score (nSPS) is 17.5. The highest BCUT2D eigenvalue weighted by Crippen LogP contribution is 2.37. The number of aromatic carboxylic acids is 1. The zero-order chi connectivity index (χ0) is 11.9. The van der Waals surface area contributed by atoms with Gasteiger partial charge in [-0.1, -0.05) is 13.8 Å². The third-order valence-corrected chi connectivity index (χ3v) is 2.87. The molecule has 0 saturated heterocycles. The summed E-state index contributed by atoms with van der Waals surface area (Å²) in [4.78, 5) is 22.3. The Morgan fingerprint density at radius 1 is 1.44 bits per heavy atom. The molecule has 2 rings (SSSR count). The highest BCUT2D eigenvalue weighted by molar-refractivity contribution is 5.97. The number of carbonyl (C=O) groups excluding carboxylic acids is 1. The van der Waals surface area contributed by atoms with Crippen molar-refractivity contribution in [1.82, 2.24) is 0 Å². The van der Waals surface area contributed by atoms with Gasteiger partial charge >= 0.3 is 5.97 Å². The average molecular weight is 219 g/mol. The molecule has 0 aromatic heterocycles. The quantitative estimate of drug-likeness (QED) is 0.759. The molecule has 1 aromatic rings. The van der Waals surface area contributed by atoms with Crippen molar-refractivity contribution in [3.63, 3.8) is 0 Å². The molecule has 16 heavy (non-hydrogen) atoms. The Morgan fingerprint density at radius 3 is 2.75 bits per heavy atom. The lowest BCUT2D eigenvalue weighted by Crippen LogP contribution is -2.32. The van der Waals surface area contributed by atoms with Gasteiger partial charge in [-0.25, -0.2) is 4.79 Å². The maximum absolute atomic E-state index is 11.4. The number of hydrogen-bond acceptors (Lipinski definition) is 2. The molecule has 84 valence electrons. The predicted molar refractivity (Wildman–Crippen MR) is 59.7 cm³/mol. The van der Waals surface area contributed by atoms with Crippen LogP contribution in [0.2, 0.25) is 0 Å². The van der Waals surface area contributed by atoms with E-state index < -0.39 is 5.97 Å². The lowest BCUT2D eigenvalue weighted by Gasteiger charge is -2.32. The number of carboxylic acid groups (broad SMARTS) is 1. The Bertz CT molecular complexity index is 477. The van der Waals surface area contributed by atoms with Crippen LogP contribution in [0, 0.1) is 0 Å². The fraction of sp³-hybridized carbons (Fsp3) is 0.333. The maximum Gasteiger partial charge on any atom is 0.335 e. The van der Waals surface area contributed by atoms with Crippen LogP contribution >= 0.6 is 0 Å². The number of amides is 1. The van der Waals surface area contributed by atoms with E-state index in [2.05, 4.69) is 5.32 Å². The Balaban J connectivity index is 2.57. The van der Waals surface area contributed by atoms with Crippen LogP contribution in [0.1, 0.15) is 36.2 Å². The third kappa shape index (κ3) is 1.66. The highest BCUT2D eigenvalue weighted by atomic mass is 16.4. The monoisotopic (exact) mass is 219 g/mol. The summed E-state index contributed by atoms with van der Waals surface area (Å²) < 4.78 is 0. The van der Waals surface area contributed by atoms with Crippen molar-refractivity contribution < 1.29 is 14.7 Å². The summed E-state index contributed by atoms with van der Waals surface area (Å²) in [6, 6.07) is 4.79. The largest absolute Gasteiger partial charge is 0.478 e. The molecule has 1 amide bonds. The first kappa shape index (κ1) is 10.7. The maximum atomic E-state index is 11.4. The number of fused-ring (bicyclic) bond motifs is 1. The van der Waals surface area contributed by atoms with Gasteiger partial charge in [-0.15, -0.1) is 0 Å². The summed E-state index contributed by atoms with van der Waals surface area (Å²) in [6.45, 7) is 3.88. The third-order valence-electron chi connectivity index (χ3n) is 2.87.